The van der Waals surface area contributed by atoms with Crippen LogP contribution in [0.15, 0.2) is 65.1 Å². The fourth-order valence-corrected chi connectivity index (χ4v) is 3.28. The van der Waals surface area contributed by atoms with E-state index in [0.29, 0.717) is 49.7 Å². The quantitative estimate of drug-likeness (QED) is 0.394. The van der Waals surface area contributed by atoms with Crippen molar-refractivity contribution in [1.82, 2.24) is 4.98 Å². The molecule has 4 aromatic rings. The topological polar surface area (TPSA) is 55.1 Å². The zero-order valence-corrected chi connectivity index (χ0v) is 16.6. The molecule has 0 saturated heterocycles. The van der Waals surface area contributed by atoms with Crippen LogP contribution >= 0.6 is 34.8 Å². The Morgan fingerprint density at radius 3 is 2.46 bits per heavy atom. The van der Waals surface area contributed by atoms with Gasteiger partial charge in [-0.2, -0.15) is 0 Å². The highest BCUT2D eigenvalue weighted by atomic mass is 35.5. The number of hydrogen-bond acceptors (Lipinski definition) is 3. The largest absolute Gasteiger partial charge is 0.440 e. The standard InChI is InChI=1S/C21H13Cl3N2O2/c22-13-3-1-12(2-4-13)9-20-26-18-11-15(6-8-19(18)28-20)25-21(27)16-10-14(23)5-7-17(16)24/h1-8,10-11H,9H2,(H,25,27). The highest BCUT2D eigenvalue weighted by Gasteiger charge is 2.13. The van der Waals surface area contributed by atoms with E-state index in [4.69, 9.17) is 39.2 Å². The summed E-state index contributed by atoms with van der Waals surface area (Å²) in [7, 11) is 0. The summed E-state index contributed by atoms with van der Waals surface area (Å²) in [5.41, 5.74) is 3.22. The molecule has 3 aromatic carbocycles. The molecular formula is C21H13Cl3N2O2. The average molecular weight is 432 g/mol. The normalized spacial score (nSPS) is 11.0. The molecule has 140 valence electrons. The molecule has 4 nitrogen and oxygen atoms in total. The lowest BCUT2D eigenvalue weighted by Crippen LogP contribution is -2.12. The Morgan fingerprint density at radius 2 is 1.68 bits per heavy atom. The van der Waals surface area contributed by atoms with Crippen LogP contribution in [0.4, 0.5) is 5.69 Å². The number of amides is 1. The van der Waals surface area contributed by atoms with E-state index < -0.39 is 0 Å². The van der Waals surface area contributed by atoms with Crippen LogP contribution in [-0.4, -0.2) is 10.9 Å². The second-order valence-electron chi connectivity index (χ2n) is 6.17. The van der Waals surface area contributed by atoms with Crippen LogP contribution in [-0.2, 0) is 6.42 Å². The van der Waals surface area contributed by atoms with Gasteiger partial charge in [-0.25, -0.2) is 4.98 Å². The molecule has 0 aliphatic rings. The molecule has 1 aromatic heterocycles. The van der Waals surface area contributed by atoms with E-state index in [9.17, 15) is 4.79 Å². The second-order valence-corrected chi connectivity index (χ2v) is 7.45. The number of carbonyl (C=O) groups excluding carboxylic acids is 1. The maximum absolute atomic E-state index is 12.5. The summed E-state index contributed by atoms with van der Waals surface area (Å²) in [4.78, 5) is 17.0. The van der Waals surface area contributed by atoms with Gasteiger partial charge in [0.25, 0.3) is 5.91 Å². The minimum atomic E-state index is -0.350. The van der Waals surface area contributed by atoms with Crippen LogP contribution in [0.2, 0.25) is 15.1 Å². The van der Waals surface area contributed by atoms with Crippen LogP contribution in [0.25, 0.3) is 11.1 Å². The molecular weight excluding hydrogens is 419 g/mol. The van der Waals surface area contributed by atoms with Gasteiger partial charge in [0, 0.05) is 22.2 Å². The van der Waals surface area contributed by atoms with Crippen LogP contribution in [0.3, 0.4) is 0 Å². The zero-order valence-electron chi connectivity index (χ0n) is 14.4. The summed E-state index contributed by atoms with van der Waals surface area (Å²) in [5, 5.41) is 4.25. The Morgan fingerprint density at radius 1 is 0.929 bits per heavy atom. The molecule has 7 heteroatoms. The SMILES string of the molecule is O=C(Nc1ccc2oc(Cc3ccc(Cl)cc3)nc2c1)c1cc(Cl)ccc1Cl. The molecule has 0 aliphatic heterocycles. The number of oxazole rings is 1. The number of aromatic nitrogens is 1. The Bertz CT molecular complexity index is 1170. The summed E-state index contributed by atoms with van der Waals surface area (Å²) in [6.45, 7) is 0. The third-order valence-electron chi connectivity index (χ3n) is 4.13. The molecule has 0 aliphatic carbocycles. The first kappa shape index (κ1) is 18.8. The van der Waals surface area contributed by atoms with Gasteiger partial charge in [0.05, 0.1) is 10.6 Å². The van der Waals surface area contributed by atoms with E-state index in [1.54, 1.807) is 30.3 Å². The Hall–Kier alpha value is -2.53. The van der Waals surface area contributed by atoms with Gasteiger partial charge in [-0.05, 0) is 54.1 Å². The predicted octanol–water partition coefficient (Wildman–Crippen LogP) is 6.63. The van der Waals surface area contributed by atoms with E-state index in [2.05, 4.69) is 10.3 Å². The molecule has 1 heterocycles. The third kappa shape index (κ3) is 4.14. The molecule has 0 saturated carbocycles. The maximum atomic E-state index is 12.5. The van der Waals surface area contributed by atoms with Crippen molar-refractivity contribution in [2.75, 3.05) is 5.32 Å². The number of halogens is 3. The Balaban J connectivity index is 1.55. The number of carbonyl (C=O) groups is 1. The van der Waals surface area contributed by atoms with E-state index in [-0.39, 0.29) is 5.91 Å². The minimum absolute atomic E-state index is 0.304. The molecule has 0 radical (unpaired) electrons. The second kappa shape index (κ2) is 7.84. The first-order valence-electron chi connectivity index (χ1n) is 8.38. The van der Waals surface area contributed by atoms with Crippen molar-refractivity contribution in [2.24, 2.45) is 0 Å². The van der Waals surface area contributed by atoms with Crippen molar-refractivity contribution in [3.8, 4) is 0 Å². The monoisotopic (exact) mass is 430 g/mol. The lowest BCUT2D eigenvalue weighted by Gasteiger charge is -2.07. The number of rotatable bonds is 4. The van der Waals surface area contributed by atoms with Gasteiger partial charge in [-0.15, -0.1) is 0 Å². The van der Waals surface area contributed by atoms with Gasteiger partial charge >= 0.3 is 0 Å². The van der Waals surface area contributed by atoms with E-state index >= 15 is 0 Å². The van der Waals surface area contributed by atoms with Crippen LogP contribution in [0.5, 0.6) is 0 Å². The number of nitrogens with one attached hydrogen (secondary N) is 1. The molecule has 1 N–H and O–H groups in total. The third-order valence-corrected chi connectivity index (χ3v) is 4.95. The maximum Gasteiger partial charge on any atom is 0.257 e. The van der Waals surface area contributed by atoms with Crippen LogP contribution in [0, 0.1) is 0 Å². The minimum Gasteiger partial charge on any atom is -0.440 e. The first-order valence-corrected chi connectivity index (χ1v) is 9.51. The summed E-state index contributed by atoms with van der Waals surface area (Å²) in [5.74, 6) is 0.232. The summed E-state index contributed by atoms with van der Waals surface area (Å²) in [6, 6.07) is 17.5. The summed E-state index contributed by atoms with van der Waals surface area (Å²) < 4.78 is 5.79. The lowest BCUT2D eigenvalue weighted by molar-refractivity contribution is 0.102. The number of nitrogens with zero attached hydrogens (tertiary/aromatic N) is 1. The lowest BCUT2D eigenvalue weighted by atomic mass is 10.1. The van der Waals surface area contributed by atoms with Gasteiger partial charge in [0.15, 0.2) is 11.5 Å². The number of hydrogen-bond donors (Lipinski definition) is 1. The number of fused-ring (bicyclic) bond motifs is 1. The Labute approximate surface area is 176 Å². The van der Waals surface area contributed by atoms with Crippen molar-refractivity contribution in [3.05, 3.63) is 92.7 Å². The fraction of sp³-hybridized carbons (Fsp3) is 0.0476. The number of benzene rings is 3. The first-order chi connectivity index (χ1) is 13.5. The van der Waals surface area contributed by atoms with Gasteiger partial charge in [-0.1, -0.05) is 46.9 Å². The molecule has 0 bridgehead atoms. The molecule has 4 rings (SSSR count). The number of anilines is 1. The van der Waals surface area contributed by atoms with Crippen LogP contribution in [0.1, 0.15) is 21.8 Å². The predicted molar refractivity (Wildman–Crippen MR) is 113 cm³/mol. The molecule has 0 atom stereocenters. The average Bonchev–Trinajstić information content (AvgIpc) is 3.07. The van der Waals surface area contributed by atoms with E-state index in [0.717, 1.165) is 5.56 Å². The highest BCUT2D eigenvalue weighted by molar-refractivity contribution is 6.36. The van der Waals surface area contributed by atoms with Gasteiger partial charge in [0.2, 0.25) is 0 Å². The van der Waals surface area contributed by atoms with Gasteiger partial charge < -0.3 is 9.73 Å². The molecule has 0 unspecified atom stereocenters. The Kier molecular flexibility index (Phi) is 5.27. The molecule has 0 fully saturated rings. The van der Waals surface area contributed by atoms with Gasteiger partial charge in [-0.3, -0.25) is 4.79 Å². The van der Waals surface area contributed by atoms with E-state index in [1.165, 1.54) is 6.07 Å². The molecule has 1 amide bonds. The van der Waals surface area contributed by atoms with Gasteiger partial charge in [0.1, 0.15) is 5.52 Å². The van der Waals surface area contributed by atoms with Crippen molar-refractivity contribution < 1.29 is 9.21 Å². The van der Waals surface area contributed by atoms with Crippen molar-refractivity contribution in [2.45, 2.75) is 6.42 Å². The summed E-state index contributed by atoms with van der Waals surface area (Å²) in [6.07, 6.45) is 0.547. The van der Waals surface area contributed by atoms with Crippen molar-refractivity contribution in [3.63, 3.8) is 0 Å². The smallest absolute Gasteiger partial charge is 0.257 e. The summed E-state index contributed by atoms with van der Waals surface area (Å²) >= 11 is 18.0. The zero-order chi connectivity index (χ0) is 19.7. The fourth-order valence-electron chi connectivity index (χ4n) is 2.78. The van der Waals surface area contributed by atoms with Crippen LogP contribution < -0.4 is 5.32 Å². The molecule has 0 spiro atoms. The van der Waals surface area contributed by atoms with Crippen molar-refractivity contribution in [1.29, 1.82) is 0 Å². The van der Waals surface area contributed by atoms with Crippen molar-refractivity contribution >= 4 is 57.5 Å². The van der Waals surface area contributed by atoms with E-state index in [1.807, 2.05) is 24.3 Å². The molecule has 28 heavy (non-hydrogen) atoms. The highest BCUT2D eigenvalue weighted by Crippen LogP contribution is 2.25.